The average molecular weight is 216 g/mol. The van der Waals surface area contributed by atoms with Crippen LogP contribution in [-0.2, 0) is 9.53 Å². The molecular formula is C11H20O2S. The molecule has 0 aliphatic rings. The van der Waals surface area contributed by atoms with Crippen LogP contribution in [0.15, 0.2) is 12.7 Å². The standard InChI is InChI=1S/C11H20O2S/c1-5-10(12)13-7-6-8-14-9-11(2,3)4/h5H,1,6-9H2,2-4H3. The highest BCUT2D eigenvalue weighted by molar-refractivity contribution is 7.99. The van der Waals surface area contributed by atoms with Gasteiger partial charge in [-0.15, -0.1) is 0 Å². The summed E-state index contributed by atoms with van der Waals surface area (Å²) >= 11 is 1.90. The fourth-order valence-electron chi connectivity index (χ4n) is 0.771. The number of hydrogen-bond acceptors (Lipinski definition) is 3. The summed E-state index contributed by atoms with van der Waals surface area (Å²) in [6.07, 6.45) is 2.11. The molecule has 2 nitrogen and oxygen atoms in total. The van der Waals surface area contributed by atoms with Gasteiger partial charge in [0.1, 0.15) is 0 Å². The predicted molar refractivity (Wildman–Crippen MR) is 62.6 cm³/mol. The van der Waals surface area contributed by atoms with Gasteiger partial charge in [-0.25, -0.2) is 4.79 Å². The Kier molecular flexibility index (Phi) is 6.71. The minimum atomic E-state index is -0.328. The fourth-order valence-corrected chi connectivity index (χ4v) is 1.85. The third-order valence-corrected chi connectivity index (χ3v) is 3.03. The van der Waals surface area contributed by atoms with Crippen LogP contribution < -0.4 is 0 Å². The van der Waals surface area contributed by atoms with Crippen LogP contribution in [0, 0.1) is 5.41 Å². The maximum absolute atomic E-state index is 10.7. The number of hydrogen-bond donors (Lipinski definition) is 0. The lowest BCUT2D eigenvalue weighted by molar-refractivity contribution is -0.137. The first-order valence-corrected chi connectivity index (χ1v) is 5.98. The number of rotatable bonds is 6. The molecule has 0 saturated carbocycles. The van der Waals surface area contributed by atoms with E-state index in [2.05, 4.69) is 27.4 Å². The van der Waals surface area contributed by atoms with E-state index in [0.29, 0.717) is 12.0 Å². The van der Waals surface area contributed by atoms with E-state index in [0.717, 1.165) is 17.9 Å². The predicted octanol–water partition coefficient (Wildman–Crippen LogP) is 2.89. The maximum atomic E-state index is 10.7. The molecule has 82 valence electrons. The van der Waals surface area contributed by atoms with E-state index in [4.69, 9.17) is 4.74 Å². The fraction of sp³-hybridized carbons (Fsp3) is 0.727. The SMILES string of the molecule is C=CC(=O)OCCCSCC(C)(C)C. The first-order chi connectivity index (χ1) is 6.45. The van der Waals surface area contributed by atoms with Gasteiger partial charge in [0.2, 0.25) is 0 Å². The van der Waals surface area contributed by atoms with Crippen molar-refractivity contribution in [1.29, 1.82) is 0 Å². The Balaban J connectivity index is 3.22. The van der Waals surface area contributed by atoms with E-state index in [1.165, 1.54) is 6.08 Å². The molecule has 0 unspecified atom stereocenters. The lowest BCUT2D eigenvalue weighted by Gasteiger charge is -2.16. The van der Waals surface area contributed by atoms with Gasteiger partial charge < -0.3 is 4.74 Å². The third kappa shape index (κ3) is 9.65. The molecule has 0 saturated heterocycles. The summed E-state index contributed by atoms with van der Waals surface area (Å²) in [6, 6.07) is 0. The molecule has 0 atom stereocenters. The topological polar surface area (TPSA) is 26.3 Å². The van der Waals surface area contributed by atoms with Gasteiger partial charge in [-0.2, -0.15) is 11.8 Å². The van der Waals surface area contributed by atoms with E-state index in [1.807, 2.05) is 11.8 Å². The van der Waals surface area contributed by atoms with Gasteiger partial charge >= 0.3 is 5.97 Å². The van der Waals surface area contributed by atoms with E-state index in [9.17, 15) is 4.79 Å². The second-order valence-electron chi connectivity index (χ2n) is 4.34. The van der Waals surface area contributed by atoms with E-state index in [1.54, 1.807) is 0 Å². The Morgan fingerprint density at radius 3 is 2.64 bits per heavy atom. The first-order valence-electron chi connectivity index (χ1n) is 4.82. The quantitative estimate of drug-likeness (QED) is 0.388. The van der Waals surface area contributed by atoms with Gasteiger partial charge in [0.15, 0.2) is 0 Å². The first kappa shape index (κ1) is 13.6. The number of esters is 1. The molecule has 0 fully saturated rings. The minimum Gasteiger partial charge on any atom is -0.463 e. The average Bonchev–Trinajstić information content (AvgIpc) is 2.08. The second-order valence-corrected chi connectivity index (χ2v) is 5.44. The molecule has 3 heteroatoms. The Hall–Kier alpha value is -0.440. The van der Waals surface area contributed by atoms with Crippen molar-refractivity contribution in [2.24, 2.45) is 5.41 Å². The van der Waals surface area contributed by atoms with Gasteiger partial charge in [-0.05, 0) is 23.3 Å². The molecule has 0 bridgehead atoms. The monoisotopic (exact) mass is 216 g/mol. The van der Waals surface area contributed by atoms with E-state index in [-0.39, 0.29) is 5.97 Å². The van der Waals surface area contributed by atoms with Crippen molar-refractivity contribution >= 4 is 17.7 Å². The zero-order valence-corrected chi connectivity index (χ0v) is 10.2. The molecule has 0 aliphatic heterocycles. The molecule has 0 heterocycles. The van der Waals surface area contributed by atoms with E-state index < -0.39 is 0 Å². The number of carbonyl (C=O) groups is 1. The molecule has 0 aliphatic carbocycles. The Morgan fingerprint density at radius 2 is 2.14 bits per heavy atom. The van der Waals surface area contributed by atoms with Gasteiger partial charge in [0, 0.05) is 6.08 Å². The molecule has 0 aromatic heterocycles. The van der Waals surface area contributed by atoms with Gasteiger partial charge in [-0.3, -0.25) is 0 Å². The van der Waals surface area contributed by atoms with E-state index >= 15 is 0 Å². The molecule has 14 heavy (non-hydrogen) atoms. The number of ether oxygens (including phenoxy) is 1. The largest absolute Gasteiger partial charge is 0.463 e. The van der Waals surface area contributed by atoms with Crippen LogP contribution in [0.25, 0.3) is 0 Å². The molecule has 0 aromatic carbocycles. The molecular weight excluding hydrogens is 196 g/mol. The van der Waals surface area contributed by atoms with Crippen molar-refractivity contribution in [3.05, 3.63) is 12.7 Å². The molecule has 0 N–H and O–H groups in total. The smallest absolute Gasteiger partial charge is 0.330 e. The summed E-state index contributed by atoms with van der Waals surface area (Å²) in [5, 5.41) is 0. The summed E-state index contributed by atoms with van der Waals surface area (Å²) in [4.78, 5) is 10.7. The minimum absolute atomic E-state index is 0.328. The van der Waals surface area contributed by atoms with Crippen LogP contribution in [0.5, 0.6) is 0 Å². The van der Waals surface area contributed by atoms with Crippen molar-refractivity contribution in [1.82, 2.24) is 0 Å². The zero-order valence-electron chi connectivity index (χ0n) is 9.34. The van der Waals surface area contributed by atoms with Crippen LogP contribution in [0.1, 0.15) is 27.2 Å². The lowest BCUT2D eigenvalue weighted by atomic mass is 10.0. The second kappa shape index (κ2) is 6.93. The van der Waals surface area contributed by atoms with Gasteiger partial charge in [0.25, 0.3) is 0 Å². The highest BCUT2D eigenvalue weighted by Gasteiger charge is 2.09. The summed E-state index contributed by atoms with van der Waals surface area (Å²) in [5.74, 6) is 1.86. The third-order valence-electron chi connectivity index (χ3n) is 1.38. The lowest BCUT2D eigenvalue weighted by Crippen LogP contribution is -2.09. The summed E-state index contributed by atoms with van der Waals surface area (Å²) in [6.45, 7) is 10.5. The Labute approximate surface area is 91.1 Å². The van der Waals surface area contributed by atoms with Crippen molar-refractivity contribution in [2.45, 2.75) is 27.2 Å². The van der Waals surface area contributed by atoms with Gasteiger partial charge in [0.05, 0.1) is 6.61 Å². The molecule has 0 aromatic rings. The van der Waals surface area contributed by atoms with Crippen molar-refractivity contribution in [2.75, 3.05) is 18.1 Å². The Morgan fingerprint density at radius 1 is 1.50 bits per heavy atom. The Bertz CT molecular complexity index is 182. The van der Waals surface area contributed by atoms with Crippen LogP contribution in [0.4, 0.5) is 0 Å². The van der Waals surface area contributed by atoms with Crippen LogP contribution in [0.2, 0.25) is 0 Å². The van der Waals surface area contributed by atoms with Crippen molar-refractivity contribution in [3.8, 4) is 0 Å². The highest BCUT2D eigenvalue weighted by Crippen LogP contribution is 2.20. The van der Waals surface area contributed by atoms with Crippen LogP contribution in [-0.4, -0.2) is 24.1 Å². The number of thioether (sulfide) groups is 1. The zero-order chi connectivity index (χ0) is 11.0. The molecule has 0 spiro atoms. The molecule has 0 radical (unpaired) electrons. The van der Waals surface area contributed by atoms with Gasteiger partial charge in [-0.1, -0.05) is 27.4 Å². The summed E-state index contributed by atoms with van der Waals surface area (Å²) in [5.41, 5.74) is 0.377. The molecule has 0 rings (SSSR count). The summed E-state index contributed by atoms with van der Waals surface area (Å²) in [7, 11) is 0. The van der Waals surface area contributed by atoms with Crippen LogP contribution in [0.3, 0.4) is 0 Å². The molecule has 0 amide bonds. The normalized spacial score (nSPS) is 11.1. The van der Waals surface area contributed by atoms with Crippen molar-refractivity contribution < 1.29 is 9.53 Å². The van der Waals surface area contributed by atoms with Crippen molar-refractivity contribution in [3.63, 3.8) is 0 Å². The summed E-state index contributed by atoms with van der Waals surface area (Å²) < 4.78 is 4.85. The number of carbonyl (C=O) groups excluding carboxylic acids is 1. The van der Waals surface area contributed by atoms with Crippen LogP contribution >= 0.6 is 11.8 Å². The highest BCUT2D eigenvalue weighted by atomic mass is 32.2. The maximum Gasteiger partial charge on any atom is 0.330 e.